The summed E-state index contributed by atoms with van der Waals surface area (Å²) in [7, 11) is 0. The monoisotopic (exact) mass is 382 g/mol. The van der Waals surface area contributed by atoms with Gasteiger partial charge in [-0.25, -0.2) is 4.39 Å². The molecule has 1 amide bonds. The lowest BCUT2D eigenvalue weighted by molar-refractivity contribution is -0.113. The van der Waals surface area contributed by atoms with Crippen molar-refractivity contribution in [1.82, 2.24) is 4.98 Å². The normalized spacial score (nSPS) is 10.4. The molecular weight excluding hydrogens is 363 g/mol. The molecule has 0 fully saturated rings. The first-order valence-electron chi connectivity index (χ1n) is 8.44. The maximum Gasteiger partial charge on any atom is 0.234 e. The number of aromatic nitrogens is 1. The number of nitrogens with zero attached hydrogens (tertiary/aromatic N) is 1. The lowest BCUT2D eigenvalue weighted by Gasteiger charge is -2.09. The molecule has 0 radical (unpaired) electrons. The number of carbonyl (C=O) groups is 1. The summed E-state index contributed by atoms with van der Waals surface area (Å²) in [6.07, 6.45) is 1.74. The van der Waals surface area contributed by atoms with Crippen molar-refractivity contribution in [1.29, 1.82) is 0 Å². The Balaban J connectivity index is 1.46. The fourth-order valence-corrected chi connectivity index (χ4v) is 3.08. The predicted molar refractivity (Wildman–Crippen MR) is 106 cm³/mol. The van der Waals surface area contributed by atoms with Crippen LogP contribution in [0.2, 0.25) is 0 Å². The second-order valence-electron chi connectivity index (χ2n) is 5.81. The van der Waals surface area contributed by atoms with Crippen LogP contribution in [0.1, 0.15) is 11.3 Å². The van der Waals surface area contributed by atoms with Gasteiger partial charge in [0.1, 0.15) is 18.2 Å². The van der Waals surface area contributed by atoms with Crippen molar-refractivity contribution in [3.05, 3.63) is 90.0 Å². The number of amides is 1. The van der Waals surface area contributed by atoms with Gasteiger partial charge < -0.3 is 10.1 Å². The molecule has 3 aromatic rings. The van der Waals surface area contributed by atoms with Gasteiger partial charge in [-0.2, -0.15) is 0 Å². The van der Waals surface area contributed by atoms with E-state index in [4.69, 9.17) is 4.74 Å². The van der Waals surface area contributed by atoms with E-state index in [1.165, 1.54) is 23.9 Å². The number of rotatable bonds is 8. The van der Waals surface area contributed by atoms with E-state index in [1.54, 1.807) is 24.4 Å². The molecule has 0 saturated carbocycles. The molecule has 4 nitrogen and oxygen atoms in total. The Hall–Kier alpha value is -2.86. The molecule has 1 aromatic heterocycles. The number of hydrogen-bond donors (Lipinski definition) is 1. The van der Waals surface area contributed by atoms with Gasteiger partial charge >= 0.3 is 0 Å². The summed E-state index contributed by atoms with van der Waals surface area (Å²) >= 11 is 1.51. The number of carbonyl (C=O) groups excluding carboxylic acids is 1. The topological polar surface area (TPSA) is 51.2 Å². The van der Waals surface area contributed by atoms with Crippen LogP contribution in [0.25, 0.3) is 0 Å². The van der Waals surface area contributed by atoms with Crippen molar-refractivity contribution in [2.75, 3.05) is 11.1 Å². The zero-order valence-corrected chi connectivity index (χ0v) is 15.4. The van der Waals surface area contributed by atoms with Crippen molar-refractivity contribution in [2.24, 2.45) is 0 Å². The second-order valence-corrected chi connectivity index (χ2v) is 6.79. The molecule has 2 aromatic carbocycles. The van der Waals surface area contributed by atoms with E-state index in [1.807, 2.05) is 36.4 Å². The summed E-state index contributed by atoms with van der Waals surface area (Å²) in [4.78, 5) is 16.3. The number of pyridine rings is 1. The minimum atomic E-state index is -0.274. The van der Waals surface area contributed by atoms with Crippen LogP contribution < -0.4 is 10.1 Å². The Labute approximate surface area is 161 Å². The van der Waals surface area contributed by atoms with Crippen LogP contribution in [0, 0.1) is 5.82 Å². The number of ether oxygens (including phenoxy) is 1. The van der Waals surface area contributed by atoms with E-state index in [0.29, 0.717) is 29.5 Å². The van der Waals surface area contributed by atoms with E-state index in [9.17, 15) is 9.18 Å². The van der Waals surface area contributed by atoms with Crippen molar-refractivity contribution >= 4 is 23.4 Å². The first kappa shape index (κ1) is 18.9. The van der Waals surface area contributed by atoms with Crippen LogP contribution in [0.5, 0.6) is 5.75 Å². The van der Waals surface area contributed by atoms with Gasteiger partial charge in [0.25, 0.3) is 0 Å². The third kappa shape index (κ3) is 6.42. The van der Waals surface area contributed by atoms with Crippen LogP contribution in [-0.4, -0.2) is 16.6 Å². The zero-order valence-electron chi connectivity index (χ0n) is 14.6. The Morgan fingerprint density at radius 1 is 1.07 bits per heavy atom. The van der Waals surface area contributed by atoms with Gasteiger partial charge in [-0.15, -0.1) is 11.8 Å². The summed E-state index contributed by atoms with van der Waals surface area (Å²) in [5.74, 6) is 1.32. The number of anilines is 1. The van der Waals surface area contributed by atoms with Crippen LogP contribution in [-0.2, 0) is 17.2 Å². The van der Waals surface area contributed by atoms with Crippen LogP contribution >= 0.6 is 11.8 Å². The molecular formula is C21H19FN2O2S. The number of benzene rings is 2. The SMILES string of the molecule is O=C(CSCc1ccccn1)Nc1cccc(OCc2ccc(F)cc2)c1. The van der Waals surface area contributed by atoms with Gasteiger partial charge in [0.05, 0.1) is 11.4 Å². The smallest absolute Gasteiger partial charge is 0.234 e. The molecule has 1 heterocycles. The van der Waals surface area contributed by atoms with E-state index in [-0.39, 0.29) is 11.7 Å². The second kappa shape index (κ2) is 9.73. The average molecular weight is 382 g/mol. The van der Waals surface area contributed by atoms with Crippen LogP contribution in [0.4, 0.5) is 10.1 Å². The molecule has 0 atom stereocenters. The highest BCUT2D eigenvalue weighted by atomic mass is 32.2. The Morgan fingerprint density at radius 2 is 1.93 bits per heavy atom. The Kier molecular flexibility index (Phi) is 6.82. The molecule has 0 aliphatic rings. The fraction of sp³-hybridized carbons (Fsp3) is 0.143. The van der Waals surface area contributed by atoms with Crippen molar-refractivity contribution in [3.8, 4) is 5.75 Å². The minimum absolute atomic E-state index is 0.0772. The molecule has 3 rings (SSSR count). The van der Waals surface area contributed by atoms with Gasteiger partial charge in [-0.1, -0.05) is 24.3 Å². The highest BCUT2D eigenvalue weighted by molar-refractivity contribution is 7.99. The highest BCUT2D eigenvalue weighted by Gasteiger charge is 2.05. The number of thioether (sulfide) groups is 1. The van der Waals surface area contributed by atoms with Gasteiger partial charge in [0.2, 0.25) is 5.91 Å². The first-order chi connectivity index (χ1) is 13.2. The maximum atomic E-state index is 12.9. The summed E-state index contributed by atoms with van der Waals surface area (Å²) in [6.45, 7) is 0.331. The van der Waals surface area contributed by atoms with Gasteiger partial charge in [-0.3, -0.25) is 9.78 Å². The zero-order chi connectivity index (χ0) is 18.9. The molecule has 0 unspecified atom stereocenters. The minimum Gasteiger partial charge on any atom is -0.489 e. The largest absolute Gasteiger partial charge is 0.489 e. The van der Waals surface area contributed by atoms with Crippen molar-refractivity contribution < 1.29 is 13.9 Å². The van der Waals surface area contributed by atoms with Crippen LogP contribution in [0.15, 0.2) is 72.9 Å². The molecule has 138 valence electrons. The average Bonchev–Trinajstić information content (AvgIpc) is 2.69. The maximum absolute atomic E-state index is 12.9. The Morgan fingerprint density at radius 3 is 2.70 bits per heavy atom. The quantitative estimate of drug-likeness (QED) is 0.615. The highest BCUT2D eigenvalue weighted by Crippen LogP contribution is 2.19. The van der Waals surface area contributed by atoms with E-state index < -0.39 is 0 Å². The van der Waals surface area contributed by atoms with Gasteiger partial charge in [0.15, 0.2) is 0 Å². The predicted octanol–water partition coefficient (Wildman–Crippen LogP) is 4.67. The van der Waals surface area contributed by atoms with E-state index in [0.717, 1.165) is 11.3 Å². The first-order valence-corrected chi connectivity index (χ1v) is 9.59. The Bertz CT molecular complexity index is 873. The molecule has 0 aliphatic carbocycles. The van der Waals surface area contributed by atoms with Crippen LogP contribution in [0.3, 0.4) is 0 Å². The lowest BCUT2D eigenvalue weighted by atomic mass is 10.2. The summed E-state index contributed by atoms with van der Waals surface area (Å²) in [5, 5.41) is 2.86. The third-order valence-electron chi connectivity index (χ3n) is 3.65. The van der Waals surface area contributed by atoms with E-state index >= 15 is 0 Å². The van der Waals surface area contributed by atoms with Gasteiger partial charge in [0, 0.05) is 23.7 Å². The summed E-state index contributed by atoms with van der Waals surface area (Å²) < 4.78 is 18.6. The standard InChI is InChI=1S/C21H19FN2O2S/c22-17-9-7-16(8-10-17)13-26-20-6-3-5-18(12-20)24-21(25)15-27-14-19-4-1-2-11-23-19/h1-12H,13-15H2,(H,24,25). The number of halogens is 1. The number of hydrogen-bond acceptors (Lipinski definition) is 4. The fourth-order valence-electron chi connectivity index (χ4n) is 2.34. The molecule has 27 heavy (non-hydrogen) atoms. The number of nitrogens with one attached hydrogen (secondary N) is 1. The molecule has 6 heteroatoms. The molecule has 0 saturated heterocycles. The van der Waals surface area contributed by atoms with Gasteiger partial charge in [-0.05, 0) is 42.0 Å². The summed E-state index contributed by atoms with van der Waals surface area (Å²) in [5.41, 5.74) is 2.50. The van der Waals surface area contributed by atoms with Crippen molar-refractivity contribution in [3.63, 3.8) is 0 Å². The molecule has 0 spiro atoms. The molecule has 1 N–H and O–H groups in total. The third-order valence-corrected chi connectivity index (χ3v) is 4.61. The molecule has 0 bridgehead atoms. The molecule has 0 aliphatic heterocycles. The lowest BCUT2D eigenvalue weighted by Crippen LogP contribution is -2.14. The van der Waals surface area contributed by atoms with E-state index in [2.05, 4.69) is 10.3 Å². The summed E-state index contributed by atoms with van der Waals surface area (Å²) in [6, 6.07) is 19.1. The van der Waals surface area contributed by atoms with Crippen molar-refractivity contribution in [2.45, 2.75) is 12.4 Å².